The second kappa shape index (κ2) is 4.69. The van der Waals surface area contributed by atoms with E-state index in [9.17, 15) is 4.79 Å². The van der Waals surface area contributed by atoms with Gasteiger partial charge in [-0.15, -0.1) is 0 Å². The van der Waals surface area contributed by atoms with Crippen LogP contribution < -0.4 is 11.1 Å². The van der Waals surface area contributed by atoms with Crippen LogP contribution in [-0.4, -0.2) is 22.9 Å². The molecule has 0 saturated carbocycles. The van der Waals surface area contributed by atoms with E-state index in [0.29, 0.717) is 35.8 Å². The van der Waals surface area contributed by atoms with E-state index in [-0.39, 0.29) is 5.78 Å². The average Bonchev–Trinajstić information content (AvgIpc) is 2.69. The Morgan fingerprint density at radius 1 is 1.39 bits per heavy atom. The van der Waals surface area contributed by atoms with Crippen molar-refractivity contribution in [1.82, 2.24) is 10.3 Å². The SMILES string of the molecule is Nc1ncccc1C(=O)CC1CC2CCC(C1)N2. The van der Waals surface area contributed by atoms with Gasteiger partial charge in [0.15, 0.2) is 5.78 Å². The fourth-order valence-electron chi connectivity index (χ4n) is 3.37. The lowest BCUT2D eigenvalue weighted by Crippen LogP contribution is -2.38. The number of ketones is 1. The molecule has 18 heavy (non-hydrogen) atoms. The number of carbonyl (C=O) groups excluding carboxylic acids is 1. The van der Waals surface area contributed by atoms with Crippen molar-refractivity contribution in [3.05, 3.63) is 23.9 Å². The molecule has 2 bridgehead atoms. The number of anilines is 1. The Kier molecular flexibility index (Phi) is 3.04. The molecule has 4 nitrogen and oxygen atoms in total. The first-order chi connectivity index (χ1) is 8.72. The zero-order valence-corrected chi connectivity index (χ0v) is 10.4. The van der Waals surface area contributed by atoms with Crippen molar-refractivity contribution in [3.63, 3.8) is 0 Å². The van der Waals surface area contributed by atoms with Crippen molar-refractivity contribution in [1.29, 1.82) is 0 Å². The molecule has 3 rings (SSSR count). The van der Waals surface area contributed by atoms with Crippen LogP contribution in [0.4, 0.5) is 5.82 Å². The molecule has 2 atom stereocenters. The number of aromatic nitrogens is 1. The van der Waals surface area contributed by atoms with Gasteiger partial charge < -0.3 is 11.1 Å². The van der Waals surface area contributed by atoms with Crippen LogP contribution in [0.3, 0.4) is 0 Å². The summed E-state index contributed by atoms with van der Waals surface area (Å²) in [4.78, 5) is 16.2. The number of nitrogens with one attached hydrogen (secondary N) is 1. The number of nitrogens with two attached hydrogens (primary N) is 1. The van der Waals surface area contributed by atoms with Crippen molar-refractivity contribution >= 4 is 11.6 Å². The van der Waals surface area contributed by atoms with Crippen molar-refractivity contribution in [2.75, 3.05) is 5.73 Å². The first-order valence-electron chi connectivity index (χ1n) is 6.72. The number of hydrogen-bond acceptors (Lipinski definition) is 4. The van der Waals surface area contributed by atoms with Gasteiger partial charge in [0.25, 0.3) is 0 Å². The number of hydrogen-bond donors (Lipinski definition) is 2. The summed E-state index contributed by atoms with van der Waals surface area (Å²) in [5, 5.41) is 3.60. The van der Waals surface area contributed by atoms with Crippen molar-refractivity contribution in [3.8, 4) is 0 Å². The zero-order valence-electron chi connectivity index (χ0n) is 10.4. The second-order valence-corrected chi connectivity index (χ2v) is 5.54. The number of nitrogen functional groups attached to an aromatic ring is 1. The molecule has 4 heteroatoms. The highest BCUT2D eigenvalue weighted by molar-refractivity contribution is 6.00. The fraction of sp³-hybridized carbons (Fsp3) is 0.571. The normalized spacial score (nSPS) is 30.3. The molecule has 0 radical (unpaired) electrons. The maximum absolute atomic E-state index is 12.2. The number of carbonyl (C=O) groups is 1. The van der Waals surface area contributed by atoms with Gasteiger partial charge >= 0.3 is 0 Å². The highest BCUT2D eigenvalue weighted by Crippen LogP contribution is 2.33. The maximum atomic E-state index is 12.2. The summed E-state index contributed by atoms with van der Waals surface area (Å²) in [6.45, 7) is 0. The average molecular weight is 245 g/mol. The third-order valence-corrected chi connectivity index (χ3v) is 4.18. The third kappa shape index (κ3) is 2.25. The van der Waals surface area contributed by atoms with E-state index in [4.69, 9.17) is 5.73 Å². The maximum Gasteiger partial charge on any atom is 0.166 e. The Labute approximate surface area is 107 Å². The van der Waals surface area contributed by atoms with Crippen LogP contribution in [0.2, 0.25) is 0 Å². The molecule has 2 fully saturated rings. The van der Waals surface area contributed by atoms with E-state index in [0.717, 1.165) is 12.8 Å². The minimum absolute atomic E-state index is 0.145. The molecule has 3 heterocycles. The summed E-state index contributed by atoms with van der Waals surface area (Å²) < 4.78 is 0. The lowest BCUT2D eigenvalue weighted by Gasteiger charge is -2.28. The lowest BCUT2D eigenvalue weighted by molar-refractivity contribution is 0.0946. The molecule has 0 amide bonds. The number of Topliss-reactive ketones (excluding diaryl/α,β-unsaturated/α-hetero) is 1. The highest BCUT2D eigenvalue weighted by atomic mass is 16.1. The molecule has 2 unspecified atom stereocenters. The van der Waals surface area contributed by atoms with Gasteiger partial charge in [0.2, 0.25) is 0 Å². The summed E-state index contributed by atoms with van der Waals surface area (Å²) >= 11 is 0. The standard InChI is InChI=1S/C14H19N3O/c15-14-12(2-1-5-16-14)13(18)8-9-6-10-3-4-11(7-9)17-10/h1-2,5,9-11,17H,3-4,6-8H2,(H2,15,16). The van der Waals surface area contributed by atoms with Crippen molar-refractivity contribution < 1.29 is 4.79 Å². The first kappa shape index (κ1) is 11.7. The fourth-order valence-corrected chi connectivity index (χ4v) is 3.37. The Morgan fingerprint density at radius 3 is 2.78 bits per heavy atom. The summed E-state index contributed by atoms with van der Waals surface area (Å²) in [5.41, 5.74) is 6.34. The lowest BCUT2D eigenvalue weighted by atomic mass is 9.87. The number of pyridine rings is 1. The van der Waals surface area contributed by atoms with Gasteiger partial charge in [-0.2, -0.15) is 0 Å². The zero-order chi connectivity index (χ0) is 12.5. The Bertz CT molecular complexity index is 448. The molecule has 0 spiro atoms. The Balaban J connectivity index is 1.66. The van der Waals surface area contributed by atoms with E-state index >= 15 is 0 Å². The van der Waals surface area contributed by atoms with Crippen molar-refractivity contribution in [2.45, 2.75) is 44.2 Å². The van der Waals surface area contributed by atoms with Crippen LogP contribution in [0.25, 0.3) is 0 Å². The molecule has 1 aromatic heterocycles. The first-order valence-corrected chi connectivity index (χ1v) is 6.72. The molecule has 1 aromatic rings. The predicted molar refractivity (Wildman–Crippen MR) is 70.3 cm³/mol. The van der Waals surface area contributed by atoms with E-state index in [1.54, 1.807) is 18.3 Å². The largest absolute Gasteiger partial charge is 0.383 e. The van der Waals surface area contributed by atoms with Gasteiger partial charge in [-0.3, -0.25) is 4.79 Å². The molecule has 3 N–H and O–H groups in total. The van der Waals surface area contributed by atoms with Crippen LogP contribution in [-0.2, 0) is 0 Å². The van der Waals surface area contributed by atoms with Gasteiger partial charge in [0.05, 0.1) is 5.56 Å². The number of fused-ring (bicyclic) bond motifs is 2. The van der Waals surface area contributed by atoms with Gasteiger partial charge in [-0.05, 0) is 43.7 Å². The predicted octanol–water partition coefficient (Wildman–Crippen LogP) is 1.77. The van der Waals surface area contributed by atoms with Gasteiger partial charge in [0.1, 0.15) is 5.82 Å². The summed E-state index contributed by atoms with van der Waals surface area (Å²) in [6, 6.07) is 4.82. The number of rotatable bonds is 3. The van der Waals surface area contributed by atoms with Gasteiger partial charge in [-0.25, -0.2) is 4.98 Å². The summed E-state index contributed by atoms with van der Waals surface area (Å²) in [5.74, 6) is 1.02. The molecule has 0 aromatic carbocycles. The third-order valence-electron chi connectivity index (χ3n) is 4.18. The van der Waals surface area contributed by atoms with Gasteiger partial charge in [-0.1, -0.05) is 0 Å². The van der Waals surface area contributed by atoms with Gasteiger partial charge in [0, 0.05) is 24.7 Å². The van der Waals surface area contributed by atoms with E-state index in [1.165, 1.54) is 12.8 Å². The molecular weight excluding hydrogens is 226 g/mol. The number of piperidine rings is 1. The highest BCUT2D eigenvalue weighted by Gasteiger charge is 2.34. The molecule has 0 aliphatic carbocycles. The van der Waals surface area contributed by atoms with Crippen LogP contribution in [0.1, 0.15) is 42.5 Å². The molecule has 2 aliphatic heterocycles. The molecule has 2 saturated heterocycles. The number of nitrogens with zero attached hydrogens (tertiary/aromatic N) is 1. The quantitative estimate of drug-likeness (QED) is 0.796. The van der Waals surface area contributed by atoms with E-state index < -0.39 is 0 Å². The summed E-state index contributed by atoms with van der Waals surface area (Å²) in [7, 11) is 0. The molecule has 2 aliphatic rings. The van der Waals surface area contributed by atoms with Crippen LogP contribution >= 0.6 is 0 Å². The Morgan fingerprint density at radius 2 is 2.11 bits per heavy atom. The second-order valence-electron chi connectivity index (χ2n) is 5.54. The molecule has 96 valence electrons. The topological polar surface area (TPSA) is 68.0 Å². The van der Waals surface area contributed by atoms with Crippen LogP contribution in [0.5, 0.6) is 0 Å². The summed E-state index contributed by atoms with van der Waals surface area (Å²) in [6.07, 6.45) is 7.03. The monoisotopic (exact) mass is 245 g/mol. The van der Waals surface area contributed by atoms with Crippen LogP contribution in [0, 0.1) is 5.92 Å². The van der Waals surface area contributed by atoms with E-state index in [1.807, 2.05) is 0 Å². The van der Waals surface area contributed by atoms with E-state index in [2.05, 4.69) is 10.3 Å². The smallest absolute Gasteiger partial charge is 0.166 e. The van der Waals surface area contributed by atoms with Crippen molar-refractivity contribution in [2.24, 2.45) is 5.92 Å². The minimum atomic E-state index is 0.145. The molecular formula is C14H19N3O. The minimum Gasteiger partial charge on any atom is -0.383 e. The Hall–Kier alpha value is -1.42. The van der Waals surface area contributed by atoms with Crippen LogP contribution in [0.15, 0.2) is 18.3 Å².